The SMILES string of the molecule is COc1ccc(NC(=O)c2ccc(-c3ccc(C(=O)O)cc3C)cc2)cc1C1CCN(C)C1. The molecule has 0 saturated carbocycles. The molecular formula is C27H28N2O4. The lowest BCUT2D eigenvalue weighted by Crippen LogP contribution is -2.14. The van der Waals surface area contributed by atoms with Crippen molar-refractivity contribution in [2.75, 3.05) is 32.6 Å². The summed E-state index contributed by atoms with van der Waals surface area (Å²) in [6.45, 7) is 3.91. The minimum atomic E-state index is -0.946. The molecule has 33 heavy (non-hydrogen) atoms. The van der Waals surface area contributed by atoms with Crippen LogP contribution >= 0.6 is 0 Å². The highest BCUT2D eigenvalue weighted by molar-refractivity contribution is 6.04. The molecule has 1 saturated heterocycles. The first-order valence-electron chi connectivity index (χ1n) is 11.0. The summed E-state index contributed by atoms with van der Waals surface area (Å²) in [5.41, 5.74) is 5.42. The van der Waals surface area contributed by atoms with Gasteiger partial charge in [-0.15, -0.1) is 0 Å². The van der Waals surface area contributed by atoms with Gasteiger partial charge in [-0.3, -0.25) is 4.79 Å². The molecule has 2 N–H and O–H groups in total. The summed E-state index contributed by atoms with van der Waals surface area (Å²) < 4.78 is 5.56. The zero-order valence-corrected chi connectivity index (χ0v) is 19.1. The number of ether oxygens (including phenoxy) is 1. The molecular weight excluding hydrogens is 416 g/mol. The zero-order chi connectivity index (χ0) is 23.5. The highest BCUT2D eigenvalue weighted by Gasteiger charge is 2.24. The van der Waals surface area contributed by atoms with Crippen LogP contribution in [0.4, 0.5) is 5.69 Å². The van der Waals surface area contributed by atoms with Gasteiger partial charge in [-0.05, 0) is 86.1 Å². The van der Waals surface area contributed by atoms with Gasteiger partial charge < -0.3 is 20.1 Å². The number of amides is 1. The third-order valence-electron chi connectivity index (χ3n) is 6.25. The van der Waals surface area contributed by atoms with E-state index < -0.39 is 5.97 Å². The van der Waals surface area contributed by atoms with Crippen molar-refractivity contribution >= 4 is 17.6 Å². The van der Waals surface area contributed by atoms with E-state index in [9.17, 15) is 9.59 Å². The van der Waals surface area contributed by atoms with E-state index in [0.717, 1.165) is 53.2 Å². The van der Waals surface area contributed by atoms with Gasteiger partial charge in [-0.2, -0.15) is 0 Å². The summed E-state index contributed by atoms with van der Waals surface area (Å²) >= 11 is 0. The lowest BCUT2D eigenvalue weighted by atomic mass is 9.96. The predicted molar refractivity (Wildman–Crippen MR) is 129 cm³/mol. The Kier molecular flexibility index (Phi) is 6.47. The Labute approximate surface area is 193 Å². The Hall–Kier alpha value is -3.64. The molecule has 1 atom stereocenters. The van der Waals surface area contributed by atoms with Gasteiger partial charge >= 0.3 is 5.97 Å². The van der Waals surface area contributed by atoms with E-state index in [1.54, 1.807) is 37.4 Å². The Morgan fingerprint density at radius 3 is 2.36 bits per heavy atom. The molecule has 1 fully saturated rings. The van der Waals surface area contributed by atoms with Crippen molar-refractivity contribution in [3.05, 3.63) is 82.9 Å². The fourth-order valence-electron chi connectivity index (χ4n) is 4.45. The Bertz CT molecular complexity index is 1190. The van der Waals surface area contributed by atoms with E-state index in [1.165, 1.54) is 0 Å². The number of nitrogens with one attached hydrogen (secondary N) is 1. The monoisotopic (exact) mass is 444 g/mol. The molecule has 4 rings (SSSR count). The summed E-state index contributed by atoms with van der Waals surface area (Å²) in [4.78, 5) is 26.3. The third kappa shape index (κ3) is 4.91. The van der Waals surface area contributed by atoms with Crippen molar-refractivity contribution in [3.63, 3.8) is 0 Å². The number of carboxylic acid groups (broad SMARTS) is 1. The molecule has 3 aromatic carbocycles. The van der Waals surface area contributed by atoms with E-state index in [-0.39, 0.29) is 11.5 Å². The first-order chi connectivity index (χ1) is 15.9. The van der Waals surface area contributed by atoms with Crippen molar-refractivity contribution in [2.45, 2.75) is 19.3 Å². The smallest absolute Gasteiger partial charge is 0.335 e. The van der Waals surface area contributed by atoms with Crippen molar-refractivity contribution in [1.29, 1.82) is 0 Å². The summed E-state index contributed by atoms with van der Waals surface area (Å²) in [5.74, 6) is 0.108. The molecule has 6 heteroatoms. The average Bonchev–Trinajstić information content (AvgIpc) is 3.25. The van der Waals surface area contributed by atoms with Crippen LogP contribution in [-0.2, 0) is 0 Å². The van der Waals surface area contributed by atoms with Crippen LogP contribution in [0, 0.1) is 6.92 Å². The number of rotatable bonds is 6. The number of benzene rings is 3. The number of nitrogens with zero attached hydrogens (tertiary/aromatic N) is 1. The molecule has 1 amide bonds. The molecule has 1 unspecified atom stereocenters. The maximum atomic E-state index is 12.9. The largest absolute Gasteiger partial charge is 0.496 e. The number of anilines is 1. The number of carboxylic acids is 1. The van der Waals surface area contributed by atoms with Crippen molar-refractivity contribution in [1.82, 2.24) is 4.90 Å². The third-order valence-corrected chi connectivity index (χ3v) is 6.25. The van der Waals surface area contributed by atoms with Crippen LogP contribution in [0.25, 0.3) is 11.1 Å². The van der Waals surface area contributed by atoms with Crippen LogP contribution in [0.1, 0.15) is 44.2 Å². The van der Waals surface area contributed by atoms with E-state index in [2.05, 4.69) is 17.3 Å². The summed E-state index contributed by atoms with van der Waals surface area (Å²) in [6, 6.07) is 18.2. The summed E-state index contributed by atoms with van der Waals surface area (Å²) in [6.07, 6.45) is 1.07. The number of carbonyl (C=O) groups is 2. The number of likely N-dealkylation sites (tertiary alicyclic amines) is 1. The second-order valence-corrected chi connectivity index (χ2v) is 8.57. The topological polar surface area (TPSA) is 78.9 Å². The van der Waals surface area contributed by atoms with Gasteiger partial charge in [-0.1, -0.05) is 18.2 Å². The van der Waals surface area contributed by atoms with Gasteiger partial charge in [0.15, 0.2) is 0 Å². The Morgan fingerprint density at radius 1 is 1.03 bits per heavy atom. The van der Waals surface area contributed by atoms with E-state index in [1.807, 2.05) is 37.3 Å². The summed E-state index contributed by atoms with van der Waals surface area (Å²) in [7, 11) is 3.79. The molecule has 1 aliphatic rings. The number of methoxy groups -OCH3 is 1. The fraction of sp³-hybridized carbons (Fsp3) is 0.259. The molecule has 0 radical (unpaired) electrons. The molecule has 6 nitrogen and oxygen atoms in total. The number of hydrogen-bond acceptors (Lipinski definition) is 4. The summed E-state index contributed by atoms with van der Waals surface area (Å²) in [5, 5.41) is 12.2. The van der Waals surface area contributed by atoms with Crippen molar-refractivity contribution in [3.8, 4) is 16.9 Å². The van der Waals surface area contributed by atoms with Crippen LogP contribution in [0.3, 0.4) is 0 Å². The number of aromatic carboxylic acids is 1. The predicted octanol–water partition coefficient (Wildman–Crippen LogP) is 5.04. The second-order valence-electron chi connectivity index (χ2n) is 8.57. The minimum absolute atomic E-state index is 0.181. The maximum absolute atomic E-state index is 12.9. The van der Waals surface area contributed by atoms with Crippen LogP contribution in [0.2, 0.25) is 0 Å². The minimum Gasteiger partial charge on any atom is -0.496 e. The normalized spacial score (nSPS) is 15.9. The quantitative estimate of drug-likeness (QED) is 0.557. The number of aryl methyl sites for hydroxylation is 1. The second kappa shape index (κ2) is 9.46. The van der Waals surface area contributed by atoms with Crippen molar-refractivity contribution < 1.29 is 19.4 Å². The first-order valence-corrected chi connectivity index (χ1v) is 11.0. The molecule has 1 aliphatic heterocycles. The highest BCUT2D eigenvalue weighted by atomic mass is 16.5. The molecule has 1 heterocycles. The molecule has 0 bridgehead atoms. The number of hydrogen-bond donors (Lipinski definition) is 2. The van der Waals surface area contributed by atoms with Gasteiger partial charge in [0.1, 0.15) is 5.75 Å². The molecule has 0 aliphatic carbocycles. The van der Waals surface area contributed by atoms with Gasteiger partial charge in [-0.25, -0.2) is 4.79 Å². The van der Waals surface area contributed by atoms with Gasteiger partial charge in [0.05, 0.1) is 12.7 Å². The van der Waals surface area contributed by atoms with E-state index in [0.29, 0.717) is 11.5 Å². The van der Waals surface area contributed by atoms with Crippen LogP contribution < -0.4 is 10.1 Å². The number of carbonyl (C=O) groups excluding carboxylic acids is 1. The standard InChI is InChI=1S/C27H28N2O4/c1-17-14-20(27(31)32)8-10-23(17)18-4-6-19(7-5-18)26(30)28-22-9-11-25(33-3)24(15-22)21-12-13-29(2)16-21/h4-11,14-15,21H,12-13,16H2,1-3H3,(H,28,30)(H,31,32). The number of likely N-dealkylation sites (N-methyl/N-ethyl adjacent to an activating group) is 1. The first kappa shape index (κ1) is 22.6. The Balaban J connectivity index is 1.51. The molecule has 0 spiro atoms. The molecule has 0 aromatic heterocycles. The lowest BCUT2D eigenvalue weighted by molar-refractivity contribution is 0.0696. The highest BCUT2D eigenvalue weighted by Crippen LogP contribution is 2.35. The molecule has 170 valence electrons. The maximum Gasteiger partial charge on any atom is 0.335 e. The van der Waals surface area contributed by atoms with Gasteiger partial charge in [0.2, 0.25) is 0 Å². The van der Waals surface area contributed by atoms with Crippen LogP contribution in [0.5, 0.6) is 5.75 Å². The van der Waals surface area contributed by atoms with E-state index >= 15 is 0 Å². The zero-order valence-electron chi connectivity index (χ0n) is 19.1. The van der Waals surface area contributed by atoms with Gasteiger partial charge in [0.25, 0.3) is 5.91 Å². The van der Waals surface area contributed by atoms with Crippen LogP contribution in [-0.4, -0.2) is 49.1 Å². The van der Waals surface area contributed by atoms with Gasteiger partial charge in [0, 0.05) is 29.3 Å². The molecule has 3 aromatic rings. The average molecular weight is 445 g/mol. The fourth-order valence-corrected chi connectivity index (χ4v) is 4.45. The lowest BCUT2D eigenvalue weighted by Gasteiger charge is -2.17. The Morgan fingerprint density at radius 2 is 1.76 bits per heavy atom. The van der Waals surface area contributed by atoms with E-state index in [4.69, 9.17) is 9.84 Å². The van der Waals surface area contributed by atoms with Crippen LogP contribution in [0.15, 0.2) is 60.7 Å². The van der Waals surface area contributed by atoms with Crippen molar-refractivity contribution in [2.24, 2.45) is 0 Å².